The maximum atomic E-state index is 11.9. The second kappa shape index (κ2) is 7.77. The monoisotopic (exact) mass is 265 g/mol. The zero-order chi connectivity index (χ0) is 13.4. The van der Waals surface area contributed by atoms with Gasteiger partial charge in [0.05, 0.1) is 5.57 Å². The van der Waals surface area contributed by atoms with Crippen molar-refractivity contribution in [3.05, 3.63) is 35.7 Å². The van der Waals surface area contributed by atoms with Crippen LogP contribution < -0.4 is 0 Å². The lowest BCUT2D eigenvalue weighted by Gasteiger charge is -2.03. The van der Waals surface area contributed by atoms with Crippen molar-refractivity contribution < 1.29 is 9.59 Å². The van der Waals surface area contributed by atoms with Gasteiger partial charge in [-0.25, -0.2) is 0 Å². The zero-order valence-corrected chi connectivity index (χ0v) is 11.1. The fourth-order valence-electron chi connectivity index (χ4n) is 1.52. The lowest BCUT2D eigenvalue weighted by Crippen LogP contribution is -2.10. The summed E-state index contributed by atoms with van der Waals surface area (Å²) in [4.78, 5) is 27.3. The van der Waals surface area contributed by atoms with Gasteiger partial charge in [0, 0.05) is 24.7 Å². The third kappa shape index (κ3) is 4.80. The van der Waals surface area contributed by atoms with Gasteiger partial charge in [0.25, 0.3) is 0 Å². The molecule has 1 heterocycles. The third-order valence-electron chi connectivity index (χ3n) is 2.46. The van der Waals surface area contributed by atoms with E-state index in [4.69, 9.17) is 11.6 Å². The number of alkyl halides is 1. The minimum Gasteiger partial charge on any atom is -0.294 e. The van der Waals surface area contributed by atoms with Crippen LogP contribution in [0.1, 0.15) is 31.7 Å². The molecule has 0 saturated heterocycles. The lowest BCUT2D eigenvalue weighted by atomic mass is 10.0. The van der Waals surface area contributed by atoms with Crippen molar-refractivity contribution in [3.63, 3.8) is 0 Å². The predicted molar refractivity (Wildman–Crippen MR) is 72.5 cm³/mol. The molecule has 1 aromatic rings. The number of Topliss-reactive ketones (excluding diaryl/α,β-unsaturated/α-hetero) is 2. The fraction of sp³-hybridized carbons (Fsp3) is 0.357. The molecule has 0 aliphatic carbocycles. The van der Waals surface area contributed by atoms with Crippen LogP contribution in [-0.4, -0.2) is 22.4 Å². The van der Waals surface area contributed by atoms with Crippen molar-refractivity contribution in [1.82, 2.24) is 4.98 Å². The smallest absolute Gasteiger partial charge is 0.166 e. The highest BCUT2D eigenvalue weighted by molar-refractivity contribution is 6.22. The van der Waals surface area contributed by atoms with Gasteiger partial charge in [-0.2, -0.15) is 0 Å². The number of aromatic nitrogens is 1. The van der Waals surface area contributed by atoms with Crippen LogP contribution in [-0.2, 0) is 9.59 Å². The first kappa shape index (κ1) is 14.6. The molecule has 1 aromatic heterocycles. The van der Waals surface area contributed by atoms with Crippen LogP contribution >= 0.6 is 11.6 Å². The number of nitrogens with zero attached hydrogens (tertiary/aromatic N) is 1. The summed E-state index contributed by atoms with van der Waals surface area (Å²) in [6.07, 6.45) is 6.71. The summed E-state index contributed by atoms with van der Waals surface area (Å²) in [7, 11) is 0. The number of allylic oxidation sites excluding steroid dienone is 1. The number of hydrogen-bond donors (Lipinski definition) is 0. The number of hydrogen-bond acceptors (Lipinski definition) is 3. The number of rotatable bonds is 7. The van der Waals surface area contributed by atoms with Gasteiger partial charge in [-0.05, 0) is 37.5 Å². The molecule has 1 rings (SSSR count). The van der Waals surface area contributed by atoms with E-state index in [1.54, 1.807) is 24.5 Å². The van der Waals surface area contributed by atoms with Gasteiger partial charge in [-0.1, -0.05) is 6.07 Å². The summed E-state index contributed by atoms with van der Waals surface area (Å²) in [6, 6.07) is 3.57. The lowest BCUT2D eigenvalue weighted by molar-refractivity contribution is -0.120. The van der Waals surface area contributed by atoms with Crippen LogP contribution in [0.15, 0.2) is 30.1 Å². The summed E-state index contributed by atoms with van der Waals surface area (Å²) in [5.74, 6) is 0.195. The van der Waals surface area contributed by atoms with E-state index in [9.17, 15) is 9.59 Å². The highest BCUT2D eigenvalue weighted by Gasteiger charge is 2.13. The van der Waals surface area contributed by atoms with Crippen LogP contribution in [0.4, 0.5) is 0 Å². The Kier molecular flexibility index (Phi) is 6.29. The first-order valence-corrected chi connectivity index (χ1v) is 6.40. The Morgan fingerprint density at radius 2 is 2.17 bits per heavy atom. The fourth-order valence-corrected chi connectivity index (χ4v) is 1.71. The maximum absolute atomic E-state index is 11.9. The molecule has 0 aliphatic heterocycles. The molecular formula is C14H16ClNO2. The summed E-state index contributed by atoms with van der Waals surface area (Å²) in [5, 5.41) is 0. The maximum Gasteiger partial charge on any atom is 0.166 e. The zero-order valence-electron chi connectivity index (χ0n) is 10.4. The molecule has 0 spiro atoms. The number of carbonyl (C=O) groups excluding carboxylic acids is 2. The molecule has 0 N–H and O–H groups in total. The van der Waals surface area contributed by atoms with Gasteiger partial charge >= 0.3 is 0 Å². The predicted octanol–water partition coefficient (Wildman–Crippen LogP) is 3.03. The van der Waals surface area contributed by atoms with Crippen molar-refractivity contribution in [2.45, 2.75) is 26.2 Å². The van der Waals surface area contributed by atoms with E-state index >= 15 is 0 Å². The highest BCUT2D eigenvalue weighted by Crippen LogP contribution is 2.11. The molecule has 0 amide bonds. The molecule has 0 aromatic carbocycles. The second-order valence-corrected chi connectivity index (χ2v) is 4.35. The summed E-state index contributed by atoms with van der Waals surface area (Å²) in [6.45, 7) is 1.40. The number of ketones is 2. The molecule has 0 atom stereocenters. The van der Waals surface area contributed by atoms with Gasteiger partial charge in [-0.15, -0.1) is 11.6 Å². The van der Waals surface area contributed by atoms with E-state index in [0.717, 1.165) is 12.0 Å². The second-order valence-electron chi connectivity index (χ2n) is 3.97. The normalized spacial score (nSPS) is 11.3. The molecule has 0 bridgehead atoms. The van der Waals surface area contributed by atoms with Gasteiger partial charge < -0.3 is 0 Å². The largest absolute Gasteiger partial charge is 0.294 e. The minimum absolute atomic E-state index is 0.128. The molecule has 0 aliphatic rings. The molecule has 4 heteroatoms. The topological polar surface area (TPSA) is 47.0 Å². The van der Waals surface area contributed by atoms with Crippen molar-refractivity contribution >= 4 is 29.2 Å². The molecule has 96 valence electrons. The Balaban J connectivity index is 2.80. The quantitative estimate of drug-likeness (QED) is 0.250. The average molecular weight is 266 g/mol. The summed E-state index contributed by atoms with van der Waals surface area (Å²) in [5.41, 5.74) is 0.992. The number of pyridine rings is 1. The Hall–Kier alpha value is -1.48. The minimum atomic E-state index is -0.213. The van der Waals surface area contributed by atoms with Gasteiger partial charge in [0.15, 0.2) is 11.6 Å². The molecular weight excluding hydrogens is 250 g/mol. The van der Waals surface area contributed by atoms with E-state index in [2.05, 4.69) is 4.98 Å². The first-order chi connectivity index (χ1) is 8.65. The Labute approximate surface area is 112 Å². The Morgan fingerprint density at radius 3 is 2.72 bits per heavy atom. The Morgan fingerprint density at radius 1 is 1.39 bits per heavy atom. The van der Waals surface area contributed by atoms with E-state index < -0.39 is 0 Å². The average Bonchev–Trinajstić information content (AvgIpc) is 2.37. The third-order valence-corrected chi connectivity index (χ3v) is 2.73. The van der Waals surface area contributed by atoms with Crippen molar-refractivity contribution in [3.8, 4) is 0 Å². The van der Waals surface area contributed by atoms with E-state index in [1.165, 1.54) is 6.92 Å². The van der Waals surface area contributed by atoms with Crippen LogP contribution in [0.5, 0.6) is 0 Å². The standard InChI is InChI=1S/C14H16ClNO2/c1-11(17)13(14(18)6-2-3-7-15)9-12-5-4-8-16-10-12/h4-5,8-10H,2-3,6-7H2,1H3/b13-9+. The van der Waals surface area contributed by atoms with Crippen molar-refractivity contribution in [2.75, 3.05) is 5.88 Å². The molecule has 0 fully saturated rings. The van der Waals surface area contributed by atoms with Gasteiger partial charge in [-0.3, -0.25) is 14.6 Å². The number of unbranched alkanes of at least 4 members (excludes halogenated alkanes) is 1. The molecule has 18 heavy (non-hydrogen) atoms. The summed E-state index contributed by atoms with van der Waals surface area (Å²) >= 11 is 5.56. The molecule has 3 nitrogen and oxygen atoms in total. The molecule has 0 radical (unpaired) electrons. The van der Waals surface area contributed by atoms with Crippen LogP contribution in [0.2, 0.25) is 0 Å². The van der Waals surface area contributed by atoms with Crippen molar-refractivity contribution in [1.29, 1.82) is 0 Å². The van der Waals surface area contributed by atoms with Gasteiger partial charge in [0.2, 0.25) is 0 Å². The van der Waals surface area contributed by atoms with Gasteiger partial charge in [0.1, 0.15) is 0 Å². The van der Waals surface area contributed by atoms with E-state index in [0.29, 0.717) is 18.7 Å². The van der Waals surface area contributed by atoms with Crippen molar-refractivity contribution in [2.24, 2.45) is 0 Å². The number of carbonyl (C=O) groups is 2. The molecule has 0 saturated carbocycles. The van der Waals surface area contributed by atoms with E-state index in [-0.39, 0.29) is 17.1 Å². The number of halogens is 1. The van der Waals surface area contributed by atoms with Crippen LogP contribution in [0.3, 0.4) is 0 Å². The summed E-state index contributed by atoms with van der Waals surface area (Å²) < 4.78 is 0. The van der Waals surface area contributed by atoms with Crippen LogP contribution in [0, 0.1) is 0 Å². The SMILES string of the molecule is CC(=O)/C(=C\c1cccnc1)C(=O)CCCCCl. The van der Waals surface area contributed by atoms with Crippen LogP contribution in [0.25, 0.3) is 6.08 Å². The first-order valence-electron chi connectivity index (χ1n) is 5.87. The van der Waals surface area contributed by atoms with E-state index in [1.807, 2.05) is 6.07 Å². The molecule has 0 unspecified atom stereocenters. The highest BCUT2D eigenvalue weighted by atomic mass is 35.5. The Bertz CT molecular complexity index is 440.